The van der Waals surface area contributed by atoms with Crippen molar-refractivity contribution in [2.75, 3.05) is 12.5 Å². The van der Waals surface area contributed by atoms with Crippen molar-refractivity contribution in [2.45, 2.75) is 6.92 Å². The highest BCUT2D eigenvalue weighted by Crippen LogP contribution is 2.18. The molecule has 19 heavy (non-hydrogen) atoms. The molecule has 5 nitrogen and oxygen atoms in total. The zero-order chi connectivity index (χ0) is 14.3. The number of allylic oxidation sites excluding steroid dienone is 1. The second-order valence-corrected chi connectivity index (χ2v) is 4.03. The van der Waals surface area contributed by atoms with Crippen LogP contribution < -0.4 is 0 Å². The quantitative estimate of drug-likeness (QED) is 0.294. The molecule has 0 atom stereocenters. The molecule has 0 aliphatic carbocycles. The number of carbonyl (C=O) groups is 1. The van der Waals surface area contributed by atoms with Gasteiger partial charge in [-0.1, -0.05) is 11.6 Å². The van der Waals surface area contributed by atoms with Crippen molar-refractivity contribution < 1.29 is 14.6 Å². The molecule has 1 aromatic carbocycles. The van der Waals surface area contributed by atoms with Crippen LogP contribution in [0.5, 0.6) is 0 Å². The molecule has 0 saturated carbocycles. The summed E-state index contributed by atoms with van der Waals surface area (Å²) in [5.41, 5.74) is 0.167. The lowest BCUT2D eigenvalue weighted by Crippen LogP contribution is -2.09. The molecule has 0 heterocycles. The average molecular weight is 303 g/mol. The van der Waals surface area contributed by atoms with Crippen molar-refractivity contribution in [1.29, 1.82) is 0 Å². The fourth-order valence-electron chi connectivity index (χ4n) is 1.09. The van der Waals surface area contributed by atoms with E-state index < -0.39 is 11.7 Å². The van der Waals surface area contributed by atoms with E-state index in [1.165, 1.54) is 0 Å². The minimum Gasteiger partial charge on any atom is -0.508 e. The van der Waals surface area contributed by atoms with Gasteiger partial charge in [-0.2, -0.15) is 5.11 Å². The summed E-state index contributed by atoms with van der Waals surface area (Å²) in [5, 5.41) is 17.5. The zero-order valence-corrected chi connectivity index (χ0v) is 11.6. The van der Waals surface area contributed by atoms with Gasteiger partial charge in [0.1, 0.15) is 5.76 Å². The second kappa shape index (κ2) is 7.76. The van der Waals surface area contributed by atoms with E-state index in [4.69, 9.17) is 27.9 Å². The molecular formula is C12H12Cl2N2O3. The summed E-state index contributed by atoms with van der Waals surface area (Å²) >= 11 is 11.2. The third-order valence-electron chi connectivity index (χ3n) is 1.96. The molecule has 0 saturated heterocycles. The number of nitrogens with zero attached hydrogens (tertiary/aromatic N) is 2. The zero-order valence-electron chi connectivity index (χ0n) is 10.1. The monoisotopic (exact) mass is 302 g/mol. The first-order chi connectivity index (χ1) is 9.08. The van der Waals surface area contributed by atoms with Gasteiger partial charge in [-0.05, 0) is 31.2 Å². The Bertz CT molecular complexity index is 498. The molecule has 0 aliphatic rings. The van der Waals surface area contributed by atoms with E-state index in [1.807, 2.05) is 0 Å². The summed E-state index contributed by atoms with van der Waals surface area (Å²) in [5.74, 6) is -1.43. The Hall–Kier alpha value is -1.59. The van der Waals surface area contributed by atoms with Gasteiger partial charge >= 0.3 is 5.97 Å². The molecule has 102 valence electrons. The Morgan fingerprint density at radius 3 is 2.53 bits per heavy atom. The maximum atomic E-state index is 11.5. The second-order valence-electron chi connectivity index (χ2n) is 3.33. The molecule has 1 rings (SSSR count). The van der Waals surface area contributed by atoms with Gasteiger partial charge in [0, 0.05) is 5.02 Å². The lowest BCUT2D eigenvalue weighted by atomic mass is 10.3. The van der Waals surface area contributed by atoms with Crippen LogP contribution in [0.3, 0.4) is 0 Å². The van der Waals surface area contributed by atoms with Gasteiger partial charge in [0.05, 0.1) is 18.2 Å². The molecule has 1 aromatic rings. The Labute approximate surface area is 120 Å². The predicted molar refractivity (Wildman–Crippen MR) is 73.0 cm³/mol. The average Bonchev–Trinajstić information content (AvgIpc) is 2.41. The van der Waals surface area contributed by atoms with Crippen molar-refractivity contribution in [3.05, 3.63) is 40.7 Å². The van der Waals surface area contributed by atoms with Crippen molar-refractivity contribution >= 4 is 34.9 Å². The molecule has 0 unspecified atom stereocenters. The number of hydrogen-bond donors (Lipinski definition) is 1. The number of alkyl halides is 1. The Balaban J connectivity index is 2.95. The number of azo groups is 1. The van der Waals surface area contributed by atoms with Gasteiger partial charge in [-0.3, -0.25) is 0 Å². The molecule has 1 N–H and O–H groups in total. The molecule has 0 bridgehead atoms. The first-order valence-corrected chi connectivity index (χ1v) is 6.32. The van der Waals surface area contributed by atoms with Crippen molar-refractivity contribution in [3.63, 3.8) is 0 Å². The maximum absolute atomic E-state index is 11.5. The van der Waals surface area contributed by atoms with Crippen LogP contribution in [0.1, 0.15) is 6.92 Å². The molecule has 0 spiro atoms. The van der Waals surface area contributed by atoms with E-state index in [-0.39, 0.29) is 18.2 Å². The van der Waals surface area contributed by atoms with E-state index in [2.05, 4.69) is 10.2 Å². The van der Waals surface area contributed by atoms with Crippen LogP contribution in [0.2, 0.25) is 5.02 Å². The van der Waals surface area contributed by atoms with Crippen molar-refractivity contribution in [3.8, 4) is 0 Å². The Kier molecular flexibility index (Phi) is 6.32. The summed E-state index contributed by atoms with van der Waals surface area (Å²) in [6, 6.07) is 6.49. The summed E-state index contributed by atoms with van der Waals surface area (Å²) < 4.78 is 4.74. The van der Waals surface area contributed by atoms with Crippen LogP contribution in [0.15, 0.2) is 46.0 Å². The highest BCUT2D eigenvalue weighted by atomic mass is 35.5. The SMILES string of the molecule is CCOC(=O)/C(N=Nc1ccc(Cl)cc1)=C(/O)CCl. The van der Waals surface area contributed by atoms with Crippen LogP contribution >= 0.6 is 23.2 Å². The number of rotatable bonds is 5. The smallest absolute Gasteiger partial charge is 0.362 e. The predicted octanol–water partition coefficient (Wildman–Crippen LogP) is 4.00. The fourth-order valence-corrected chi connectivity index (χ4v) is 1.35. The van der Waals surface area contributed by atoms with Crippen LogP contribution in [-0.2, 0) is 9.53 Å². The van der Waals surface area contributed by atoms with Crippen molar-refractivity contribution in [2.24, 2.45) is 10.2 Å². The van der Waals surface area contributed by atoms with Gasteiger partial charge in [0.25, 0.3) is 0 Å². The fraction of sp³-hybridized carbons (Fsp3) is 0.250. The number of hydrogen-bond acceptors (Lipinski definition) is 5. The Morgan fingerprint density at radius 2 is 2.00 bits per heavy atom. The highest BCUT2D eigenvalue weighted by molar-refractivity contribution is 6.30. The highest BCUT2D eigenvalue weighted by Gasteiger charge is 2.15. The normalized spacial score (nSPS) is 12.4. The van der Waals surface area contributed by atoms with Gasteiger partial charge < -0.3 is 9.84 Å². The summed E-state index contributed by atoms with van der Waals surface area (Å²) in [4.78, 5) is 11.5. The minimum atomic E-state index is -0.779. The largest absolute Gasteiger partial charge is 0.508 e. The van der Waals surface area contributed by atoms with E-state index >= 15 is 0 Å². The van der Waals surface area contributed by atoms with Crippen LogP contribution in [0.25, 0.3) is 0 Å². The molecule has 0 radical (unpaired) electrons. The minimum absolute atomic E-state index is 0.161. The van der Waals surface area contributed by atoms with E-state index in [1.54, 1.807) is 31.2 Å². The van der Waals surface area contributed by atoms with E-state index in [9.17, 15) is 9.90 Å². The third-order valence-corrected chi connectivity index (χ3v) is 2.47. The number of ether oxygens (including phenoxy) is 1. The standard InChI is InChI=1S/C12H12Cl2N2O3/c1-2-19-12(18)11(10(17)7-13)16-15-9-5-3-8(14)4-6-9/h3-6,17H,2,7H2,1H3/b11-10-,16-15?. The van der Waals surface area contributed by atoms with Gasteiger partial charge in [0.2, 0.25) is 5.70 Å². The van der Waals surface area contributed by atoms with E-state index in [0.717, 1.165) is 0 Å². The number of aliphatic hydroxyl groups excluding tert-OH is 1. The van der Waals surface area contributed by atoms with Crippen molar-refractivity contribution in [1.82, 2.24) is 0 Å². The number of carbonyl (C=O) groups excluding carboxylic acids is 1. The lowest BCUT2D eigenvalue weighted by Gasteiger charge is -2.03. The number of benzene rings is 1. The van der Waals surface area contributed by atoms with Gasteiger partial charge in [-0.15, -0.1) is 16.7 Å². The summed E-state index contributed by atoms with van der Waals surface area (Å²) in [7, 11) is 0. The maximum Gasteiger partial charge on any atom is 0.362 e. The van der Waals surface area contributed by atoms with Gasteiger partial charge in [0.15, 0.2) is 0 Å². The molecule has 7 heteroatoms. The van der Waals surface area contributed by atoms with E-state index in [0.29, 0.717) is 10.7 Å². The van der Waals surface area contributed by atoms with Gasteiger partial charge in [-0.25, -0.2) is 4.79 Å². The van der Waals surface area contributed by atoms with Crippen LogP contribution in [0, 0.1) is 0 Å². The first-order valence-electron chi connectivity index (χ1n) is 5.41. The third kappa shape index (κ3) is 4.89. The summed E-state index contributed by atoms with van der Waals surface area (Å²) in [6.07, 6.45) is 0. The number of esters is 1. The van der Waals surface area contributed by atoms with Crippen LogP contribution in [0.4, 0.5) is 5.69 Å². The topological polar surface area (TPSA) is 71.2 Å². The summed E-state index contributed by atoms with van der Waals surface area (Å²) in [6.45, 7) is 1.80. The lowest BCUT2D eigenvalue weighted by molar-refractivity contribution is -0.138. The molecule has 0 amide bonds. The van der Waals surface area contributed by atoms with Crippen LogP contribution in [-0.4, -0.2) is 23.6 Å². The number of aliphatic hydroxyl groups is 1. The number of halogens is 2. The molecule has 0 aromatic heterocycles. The first kappa shape index (κ1) is 15.5. The molecule has 0 fully saturated rings. The Morgan fingerprint density at radius 1 is 1.37 bits per heavy atom. The molecule has 0 aliphatic heterocycles. The molecular weight excluding hydrogens is 291 g/mol.